The van der Waals surface area contributed by atoms with Gasteiger partial charge in [0.15, 0.2) is 11.6 Å². The Balaban J connectivity index is 2.02. The molecule has 1 aromatic heterocycles. The number of hydrogen-bond acceptors (Lipinski definition) is 6. The predicted molar refractivity (Wildman–Crippen MR) is 104 cm³/mol. The Kier molecular flexibility index (Phi) is 5.86. The summed E-state index contributed by atoms with van der Waals surface area (Å²) in [5.41, 5.74) is 0.685. The first-order chi connectivity index (χ1) is 13.8. The number of aromatic nitrogens is 2. The van der Waals surface area contributed by atoms with E-state index in [1.165, 1.54) is 12.1 Å². The van der Waals surface area contributed by atoms with Crippen LogP contribution >= 0.6 is 0 Å². The average Bonchev–Trinajstić information content (AvgIpc) is 2.68. The number of aryl methyl sites for hydroxylation is 1. The molecule has 0 spiro atoms. The monoisotopic (exact) mass is 404 g/mol. The highest BCUT2D eigenvalue weighted by atomic mass is 19.3. The zero-order chi connectivity index (χ0) is 21.1. The van der Waals surface area contributed by atoms with Gasteiger partial charge in [-0.05, 0) is 19.1 Å². The molecule has 1 heterocycles. The molecule has 29 heavy (non-hydrogen) atoms. The molecule has 0 aliphatic heterocycles. The van der Waals surface area contributed by atoms with Crippen molar-refractivity contribution in [3.05, 3.63) is 53.0 Å². The first-order valence-corrected chi connectivity index (χ1v) is 8.71. The first-order valence-electron chi connectivity index (χ1n) is 8.71. The largest absolute Gasteiger partial charge is 0.427 e. The Morgan fingerprint density at radius 3 is 2.62 bits per heavy atom. The smallest absolute Gasteiger partial charge is 0.298 e. The lowest BCUT2D eigenvalue weighted by Crippen LogP contribution is -2.12. The van der Waals surface area contributed by atoms with Crippen molar-refractivity contribution in [2.24, 2.45) is 0 Å². The fourth-order valence-electron chi connectivity index (χ4n) is 3.01. The second kappa shape index (κ2) is 8.34. The minimum atomic E-state index is -2.89. The Labute approximate surface area is 165 Å². The van der Waals surface area contributed by atoms with Gasteiger partial charge in [-0.25, -0.2) is 13.2 Å². The first kappa shape index (κ1) is 20.4. The average molecular weight is 404 g/mol. The number of rotatable bonds is 7. The Morgan fingerprint density at radius 1 is 1.21 bits per heavy atom. The van der Waals surface area contributed by atoms with E-state index in [4.69, 9.17) is 4.74 Å². The molecule has 0 saturated carbocycles. The summed E-state index contributed by atoms with van der Waals surface area (Å²) in [4.78, 5) is 12.6. The summed E-state index contributed by atoms with van der Waals surface area (Å²) in [5, 5.41) is 12.5. The predicted octanol–water partition coefficient (Wildman–Crippen LogP) is 4.23. The molecular formula is C20H19F3N4O2. The van der Waals surface area contributed by atoms with Gasteiger partial charge < -0.3 is 15.0 Å². The molecule has 0 unspecified atom stereocenters. The van der Waals surface area contributed by atoms with Crippen LogP contribution in [-0.4, -0.2) is 30.8 Å². The molecule has 3 aromatic rings. The maximum atomic E-state index is 14.3. The molecule has 152 valence electrons. The van der Waals surface area contributed by atoms with Gasteiger partial charge >= 0.3 is 0 Å². The fraction of sp³-hybridized carbons (Fsp3) is 0.250. The van der Waals surface area contributed by atoms with Crippen LogP contribution in [0.5, 0.6) is 5.75 Å². The second-order valence-corrected chi connectivity index (χ2v) is 6.58. The van der Waals surface area contributed by atoms with Crippen molar-refractivity contribution >= 4 is 28.7 Å². The van der Waals surface area contributed by atoms with Crippen molar-refractivity contribution < 1.29 is 22.7 Å². The molecule has 1 N–H and O–H groups in total. The number of benzene rings is 2. The second-order valence-electron chi connectivity index (χ2n) is 6.58. The van der Waals surface area contributed by atoms with Gasteiger partial charge in [-0.3, -0.25) is 4.79 Å². The van der Waals surface area contributed by atoms with Crippen molar-refractivity contribution in [1.29, 1.82) is 0 Å². The van der Waals surface area contributed by atoms with Crippen LogP contribution < -0.4 is 15.0 Å². The summed E-state index contributed by atoms with van der Waals surface area (Å²) in [6.45, 7) is 2.05. The van der Waals surface area contributed by atoms with E-state index < -0.39 is 17.8 Å². The number of alkyl halides is 2. The van der Waals surface area contributed by atoms with Crippen LogP contribution in [0.1, 0.15) is 23.2 Å². The Bertz CT molecular complexity index is 1060. The van der Waals surface area contributed by atoms with Crippen molar-refractivity contribution in [3.8, 4) is 5.75 Å². The van der Waals surface area contributed by atoms with Crippen LogP contribution in [0.25, 0.3) is 10.8 Å². The highest BCUT2D eigenvalue weighted by Gasteiger charge is 2.17. The third-order valence-corrected chi connectivity index (χ3v) is 4.49. The number of carbonyl (C=O) groups excluding carboxylic acids is 1. The molecule has 0 atom stereocenters. The Hall–Kier alpha value is -3.36. The zero-order valence-electron chi connectivity index (χ0n) is 16.0. The van der Waals surface area contributed by atoms with E-state index in [0.29, 0.717) is 40.2 Å². The van der Waals surface area contributed by atoms with Crippen molar-refractivity contribution in [1.82, 2.24) is 10.2 Å². The highest BCUT2D eigenvalue weighted by Crippen LogP contribution is 2.35. The minimum absolute atomic E-state index is 0.0525. The molecule has 2 aromatic carbocycles. The topological polar surface area (TPSA) is 67.3 Å². The van der Waals surface area contributed by atoms with Crippen LogP contribution in [0, 0.1) is 12.7 Å². The molecule has 9 heteroatoms. The van der Waals surface area contributed by atoms with E-state index in [9.17, 15) is 18.0 Å². The van der Waals surface area contributed by atoms with E-state index in [2.05, 4.69) is 15.5 Å². The van der Waals surface area contributed by atoms with Crippen LogP contribution in [0.15, 0.2) is 30.3 Å². The highest BCUT2D eigenvalue weighted by molar-refractivity contribution is 5.97. The fourth-order valence-corrected chi connectivity index (χ4v) is 3.01. The van der Waals surface area contributed by atoms with E-state index in [-0.39, 0.29) is 12.1 Å². The van der Waals surface area contributed by atoms with Gasteiger partial charge in [-0.1, -0.05) is 18.2 Å². The van der Waals surface area contributed by atoms with E-state index in [1.807, 2.05) is 0 Å². The van der Waals surface area contributed by atoms with Gasteiger partial charge in [-0.2, -0.15) is 5.10 Å². The van der Waals surface area contributed by atoms with Gasteiger partial charge in [0.2, 0.25) is 0 Å². The lowest BCUT2D eigenvalue weighted by atomic mass is 10.1. The zero-order valence-corrected chi connectivity index (χ0v) is 16.0. The normalized spacial score (nSPS) is 11.0. The number of nitrogens with zero attached hydrogens (tertiary/aromatic N) is 3. The number of carbonyl (C=O) groups is 1. The van der Waals surface area contributed by atoms with E-state index in [0.717, 1.165) is 6.07 Å². The summed E-state index contributed by atoms with van der Waals surface area (Å²) in [6.07, 6.45) is -2.89. The van der Waals surface area contributed by atoms with E-state index in [1.54, 1.807) is 38.1 Å². The maximum absolute atomic E-state index is 14.3. The molecule has 0 amide bonds. The number of fused-ring (bicyclic) bond motifs is 1. The molecule has 0 bridgehead atoms. The number of anilines is 2. The van der Waals surface area contributed by atoms with Crippen LogP contribution in [0.4, 0.5) is 24.7 Å². The van der Waals surface area contributed by atoms with Crippen molar-refractivity contribution in [3.63, 3.8) is 0 Å². The number of ether oxygens (including phenoxy) is 1. The number of halogens is 3. The molecular weight excluding hydrogens is 385 g/mol. The molecule has 6 nitrogen and oxygen atoms in total. The van der Waals surface area contributed by atoms with Crippen LogP contribution in [0.3, 0.4) is 0 Å². The van der Waals surface area contributed by atoms with Gasteiger partial charge in [-0.15, -0.1) is 5.10 Å². The van der Waals surface area contributed by atoms with Crippen molar-refractivity contribution in [2.75, 3.05) is 24.3 Å². The quantitative estimate of drug-likeness (QED) is 0.595. The van der Waals surface area contributed by atoms with Gasteiger partial charge in [0.05, 0.1) is 16.9 Å². The summed E-state index contributed by atoms with van der Waals surface area (Å²) in [5.74, 6) is -0.238. The van der Waals surface area contributed by atoms with Gasteiger partial charge in [0.1, 0.15) is 5.82 Å². The molecule has 0 fully saturated rings. The SMILES string of the molecule is Cc1nnc(NCc2cccc(C(F)F)c2F)c2cc(N(C)C)c(OC=O)cc12. The summed E-state index contributed by atoms with van der Waals surface area (Å²) < 4.78 is 45.2. The summed E-state index contributed by atoms with van der Waals surface area (Å²) >= 11 is 0. The molecule has 0 saturated heterocycles. The summed E-state index contributed by atoms with van der Waals surface area (Å²) in [6, 6.07) is 7.31. The molecule has 0 aliphatic rings. The minimum Gasteiger partial charge on any atom is -0.427 e. The molecule has 0 radical (unpaired) electrons. The van der Waals surface area contributed by atoms with Gasteiger partial charge in [0.25, 0.3) is 12.9 Å². The maximum Gasteiger partial charge on any atom is 0.298 e. The third-order valence-electron chi connectivity index (χ3n) is 4.49. The summed E-state index contributed by atoms with van der Waals surface area (Å²) in [7, 11) is 3.58. The van der Waals surface area contributed by atoms with Crippen molar-refractivity contribution in [2.45, 2.75) is 19.9 Å². The molecule has 3 rings (SSSR count). The Morgan fingerprint density at radius 2 is 1.97 bits per heavy atom. The third kappa shape index (κ3) is 4.08. The standard InChI is InChI=1S/C20H19F3N4O2/c1-11-14-8-17(29-10-28)16(27(2)3)7-15(14)20(26-25-11)24-9-12-5-4-6-13(18(12)21)19(22)23/h4-8,10,19H,9H2,1-3H3,(H,24,26). The van der Waals surface area contributed by atoms with Crippen LogP contribution in [-0.2, 0) is 11.3 Å². The lowest BCUT2D eigenvalue weighted by Gasteiger charge is -2.18. The van der Waals surface area contributed by atoms with E-state index >= 15 is 0 Å². The van der Waals surface area contributed by atoms with Crippen LogP contribution in [0.2, 0.25) is 0 Å². The lowest BCUT2D eigenvalue weighted by molar-refractivity contribution is -0.120. The van der Waals surface area contributed by atoms with Gasteiger partial charge in [0, 0.05) is 37.0 Å². The number of hydrogen-bond donors (Lipinski definition) is 1. The number of nitrogens with one attached hydrogen (secondary N) is 1. The molecule has 0 aliphatic carbocycles.